The molecule has 3 aromatic rings. The number of anilines is 1. The fourth-order valence-electron chi connectivity index (χ4n) is 3.65. The predicted octanol–water partition coefficient (Wildman–Crippen LogP) is 3.99. The van der Waals surface area contributed by atoms with Gasteiger partial charge >= 0.3 is 0 Å². The van der Waals surface area contributed by atoms with Gasteiger partial charge in [-0.2, -0.15) is 0 Å². The smallest absolute Gasteiger partial charge is 0.261 e. The Bertz CT molecular complexity index is 1080. The Morgan fingerprint density at radius 3 is 2.72 bits per heavy atom. The minimum Gasteiger partial charge on any atom is -0.343 e. The second-order valence-electron chi connectivity index (χ2n) is 6.85. The van der Waals surface area contributed by atoms with Crippen molar-refractivity contribution in [1.29, 1.82) is 0 Å². The predicted molar refractivity (Wildman–Crippen MR) is 100 cm³/mol. The van der Waals surface area contributed by atoms with E-state index in [-0.39, 0.29) is 22.9 Å². The van der Waals surface area contributed by atoms with Gasteiger partial charge in [0.25, 0.3) is 5.91 Å². The highest BCUT2D eigenvalue weighted by atomic mass is 16.2. The average Bonchev–Trinajstić information content (AvgIpc) is 2.91. The third-order valence-corrected chi connectivity index (χ3v) is 5.22. The molecule has 1 amide bonds. The second-order valence-corrected chi connectivity index (χ2v) is 6.85. The van der Waals surface area contributed by atoms with Gasteiger partial charge in [0.05, 0.1) is 5.52 Å². The van der Waals surface area contributed by atoms with E-state index >= 15 is 0 Å². The molecule has 0 spiro atoms. The summed E-state index contributed by atoms with van der Waals surface area (Å²) < 4.78 is 2.06. The van der Waals surface area contributed by atoms with E-state index in [1.165, 1.54) is 5.56 Å². The fraction of sp³-hybridized carbons (Fsp3) is 0.238. The average molecular weight is 332 g/mol. The van der Waals surface area contributed by atoms with Gasteiger partial charge in [0.15, 0.2) is 0 Å². The van der Waals surface area contributed by atoms with E-state index in [1.807, 2.05) is 44.2 Å². The Hall–Kier alpha value is -2.88. The number of nitrogens with zero attached hydrogens (tertiary/aromatic N) is 1. The number of aryl methyl sites for hydroxylation is 1. The quantitative estimate of drug-likeness (QED) is 0.771. The van der Waals surface area contributed by atoms with Crippen LogP contribution < -0.4 is 10.7 Å². The molecule has 1 aliphatic rings. The molecule has 0 saturated heterocycles. The Balaban J connectivity index is 1.83. The first-order chi connectivity index (χ1) is 12.0. The first kappa shape index (κ1) is 15.6. The number of pyridine rings is 1. The highest BCUT2D eigenvalue weighted by molar-refractivity contribution is 6.06. The van der Waals surface area contributed by atoms with E-state index in [9.17, 15) is 9.59 Å². The molecule has 0 fully saturated rings. The van der Waals surface area contributed by atoms with Gasteiger partial charge in [-0.15, -0.1) is 0 Å². The van der Waals surface area contributed by atoms with Gasteiger partial charge in [-0.25, -0.2) is 0 Å². The lowest BCUT2D eigenvalue weighted by molar-refractivity contribution is 0.102. The maximum Gasteiger partial charge on any atom is 0.261 e. The number of nitrogens with one attached hydrogen (secondary N) is 1. The van der Waals surface area contributed by atoms with E-state index < -0.39 is 0 Å². The van der Waals surface area contributed by atoms with Gasteiger partial charge in [0, 0.05) is 23.3 Å². The van der Waals surface area contributed by atoms with E-state index in [0.29, 0.717) is 5.39 Å². The number of carbonyl (C=O) groups excluding carboxylic acids is 1. The molecule has 4 nitrogen and oxygen atoms in total. The number of benzene rings is 2. The molecule has 2 heterocycles. The van der Waals surface area contributed by atoms with Crippen molar-refractivity contribution in [3.8, 4) is 0 Å². The number of rotatable bonds is 2. The summed E-state index contributed by atoms with van der Waals surface area (Å²) in [6.45, 7) is 6.07. The van der Waals surface area contributed by atoms with Gasteiger partial charge in [-0.05, 0) is 56.0 Å². The largest absolute Gasteiger partial charge is 0.343 e. The highest BCUT2D eigenvalue weighted by Gasteiger charge is 2.24. The maximum absolute atomic E-state index is 12.9. The standard InChI is InChI=1S/C21H20N2O2/c1-12-6-4-9-18(14(12)3)22-21(25)17-11-23-13(2)10-15-7-5-8-16(19(15)23)20(17)24/h4-9,11,13H,10H2,1-3H3,(H,22,25). The summed E-state index contributed by atoms with van der Waals surface area (Å²) in [6.07, 6.45) is 2.60. The number of hydrogen-bond acceptors (Lipinski definition) is 2. The van der Waals surface area contributed by atoms with Gasteiger partial charge in [0.1, 0.15) is 5.56 Å². The third-order valence-electron chi connectivity index (χ3n) is 5.22. The first-order valence-corrected chi connectivity index (χ1v) is 8.51. The Morgan fingerprint density at radius 1 is 1.16 bits per heavy atom. The maximum atomic E-state index is 12.9. The summed E-state index contributed by atoms with van der Waals surface area (Å²) in [5, 5.41) is 3.52. The molecular weight excluding hydrogens is 312 g/mol. The molecule has 4 rings (SSSR count). The van der Waals surface area contributed by atoms with E-state index in [4.69, 9.17) is 0 Å². The SMILES string of the molecule is Cc1cccc(NC(=O)c2cn3c4c(cccc4c2=O)CC3C)c1C. The van der Waals surface area contributed by atoms with Gasteiger partial charge in [-0.1, -0.05) is 24.3 Å². The van der Waals surface area contributed by atoms with Crippen molar-refractivity contribution in [1.82, 2.24) is 4.57 Å². The van der Waals surface area contributed by atoms with Crippen molar-refractivity contribution in [3.05, 3.63) is 75.1 Å². The summed E-state index contributed by atoms with van der Waals surface area (Å²) in [7, 11) is 0. The number of amides is 1. The van der Waals surface area contributed by atoms with Crippen LogP contribution in [0.25, 0.3) is 10.9 Å². The van der Waals surface area contributed by atoms with Crippen LogP contribution in [-0.2, 0) is 6.42 Å². The molecule has 4 heteroatoms. The summed E-state index contributed by atoms with van der Waals surface area (Å²) in [4.78, 5) is 25.7. The van der Waals surface area contributed by atoms with Crippen LogP contribution in [0.4, 0.5) is 5.69 Å². The molecule has 1 atom stereocenters. The monoisotopic (exact) mass is 332 g/mol. The molecule has 1 N–H and O–H groups in total. The van der Waals surface area contributed by atoms with Crippen molar-refractivity contribution in [2.45, 2.75) is 33.2 Å². The lowest BCUT2D eigenvalue weighted by atomic mass is 10.1. The summed E-state index contributed by atoms with van der Waals surface area (Å²) in [6, 6.07) is 11.8. The van der Waals surface area contributed by atoms with Gasteiger partial charge in [-0.3, -0.25) is 9.59 Å². The molecule has 1 aliphatic heterocycles. The number of para-hydroxylation sites is 1. The van der Waals surface area contributed by atoms with Crippen LogP contribution in [0.15, 0.2) is 47.4 Å². The van der Waals surface area contributed by atoms with Crippen LogP contribution in [0.1, 0.15) is 40.0 Å². The number of aromatic nitrogens is 1. The van der Waals surface area contributed by atoms with Crippen LogP contribution in [0.5, 0.6) is 0 Å². The molecule has 2 aromatic carbocycles. The van der Waals surface area contributed by atoms with Crippen molar-refractivity contribution in [3.63, 3.8) is 0 Å². The van der Waals surface area contributed by atoms with Crippen LogP contribution in [0, 0.1) is 13.8 Å². The van der Waals surface area contributed by atoms with Gasteiger partial charge in [0.2, 0.25) is 5.43 Å². The van der Waals surface area contributed by atoms with Gasteiger partial charge < -0.3 is 9.88 Å². The van der Waals surface area contributed by atoms with Crippen LogP contribution in [-0.4, -0.2) is 10.5 Å². The van der Waals surface area contributed by atoms with Crippen LogP contribution >= 0.6 is 0 Å². The molecule has 0 aliphatic carbocycles. The summed E-state index contributed by atoms with van der Waals surface area (Å²) >= 11 is 0. The van der Waals surface area contributed by atoms with Crippen molar-refractivity contribution < 1.29 is 4.79 Å². The summed E-state index contributed by atoms with van der Waals surface area (Å²) in [5.74, 6) is -0.353. The lowest BCUT2D eigenvalue weighted by Crippen LogP contribution is -2.24. The zero-order chi connectivity index (χ0) is 17.7. The molecule has 126 valence electrons. The van der Waals surface area contributed by atoms with E-state index in [1.54, 1.807) is 6.20 Å². The zero-order valence-corrected chi connectivity index (χ0v) is 14.6. The second kappa shape index (κ2) is 5.59. The van der Waals surface area contributed by atoms with Crippen LogP contribution in [0.3, 0.4) is 0 Å². The minimum absolute atomic E-state index is 0.194. The molecular formula is C21H20N2O2. The van der Waals surface area contributed by atoms with E-state index in [2.05, 4.69) is 22.9 Å². The van der Waals surface area contributed by atoms with E-state index in [0.717, 1.165) is 28.8 Å². The molecule has 25 heavy (non-hydrogen) atoms. The first-order valence-electron chi connectivity index (χ1n) is 8.51. The normalized spacial score (nSPS) is 15.6. The Kier molecular flexibility index (Phi) is 3.49. The van der Waals surface area contributed by atoms with Crippen molar-refractivity contribution >= 4 is 22.5 Å². The topological polar surface area (TPSA) is 51.1 Å². The number of hydrogen-bond donors (Lipinski definition) is 1. The van der Waals surface area contributed by atoms with Crippen molar-refractivity contribution in [2.75, 3.05) is 5.32 Å². The molecule has 0 bridgehead atoms. The highest BCUT2D eigenvalue weighted by Crippen LogP contribution is 2.31. The molecule has 0 saturated carbocycles. The number of carbonyl (C=O) groups is 1. The molecule has 1 aromatic heterocycles. The third kappa shape index (κ3) is 2.37. The minimum atomic E-state index is -0.353. The van der Waals surface area contributed by atoms with Crippen LogP contribution in [0.2, 0.25) is 0 Å². The Labute approximate surface area is 146 Å². The Morgan fingerprint density at radius 2 is 1.92 bits per heavy atom. The lowest BCUT2D eigenvalue weighted by Gasteiger charge is -2.14. The zero-order valence-electron chi connectivity index (χ0n) is 14.6. The van der Waals surface area contributed by atoms with Crippen molar-refractivity contribution in [2.24, 2.45) is 0 Å². The molecule has 1 unspecified atom stereocenters. The fourth-order valence-corrected chi connectivity index (χ4v) is 3.65. The molecule has 0 radical (unpaired) electrons. The summed E-state index contributed by atoms with van der Waals surface area (Å²) in [5.41, 5.74) is 4.98.